The number of nitrogens with zero attached hydrogens (tertiary/aromatic N) is 2. The van der Waals surface area contributed by atoms with Crippen molar-refractivity contribution in [2.75, 3.05) is 20.7 Å². The first-order valence-electron chi connectivity index (χ1n) is 6.62. The van der Waals surface area contributed by atoms with Crippen LogP contribution in [0.5, 0.6) is 0 Å². The second-order valence-corrected chi connectivity index (χ2v) is 4.79. The standard InChI is InChI=1S/C12H20N4O6/c1-7(5-17)4-15(12(19)14-3)11-9(13-2)10(16(20)21)8(6-18)22-11/h4-5,8-11,13,18H,6H2,1-3H3,(H,14,19)/b7-4-/t8-,9-,10?,11-/m1/s1. The molecule has 3 N–H and O–H groups in total. The third-order valence-electron chi connectivity index (χ3n) is 3.38. The second-order valence-electron chi connectivity index (χ2n) is 4.79. The maximum atomic E-state index is 12.0. The zero-order valence-corrected chi connectivity index (χ0v) is 12.6. The monoisotopic (exact) mass is 316 g/mol. The maximum Gasteiger partial charge on any atom is 0.323 e. The topological polar surface area (TPSA) is 134 Å². The molecule has 124 valence electrons. The average Bonchev–Trinajstić information content (AvgIpc) is 2.89. The van der Waals surface area contributed by atoms with Crippen LogP contribution in [0.1, 0.15) is 6.92 Å². The number of carbonyl (C=O) groups is 2. The van der Waals surface area contributed by atoms with Gasteiger partial charge in [-0.15, -0.1) is 0 Å². The molecule has 0 spiro atoms. The molecule has 0 aromatic heterocycles. The molecule has 1 fully saturated rings. The van der Waals surface area contributed by atoms with Crippen LogP contribution >= 0.6 is 0 Å². The minimum atomic E-state index is -1.22. The molecular weight excluding hydrogens is 296 g/mol. The minimum Gasteiger partial charge on any atom is -0.393 e. The summed E-state index contributed by atoms with van der Waals surface area (Å²) < 4.78 is 5.47. The van der Waals surface area contributed by atoms with Gasteiger partial charge in [-0.05, 0) is 14.0 Å². The predicted molar refractivity (Wildman–Crippen MR) is 75.5 cm³/mol. The Morgan fingerprint density at radius 1 is 1.50 bits per heavy atom. The summed E-state index contributed by atoms with van der Waals surface area (Å²) in [5.74, 6) is 0. The molecule has 1 aliphatic rings. The van der Waals surface area contributed by atoms with Crippen molar-refractivity contribution in [1.82, 2.24) is 15.5 Å². The number of carbonyl (C=O) groups excluding carboxylic acids is 2. The van der Waals surface area contributed by atoms with E-state index in [0.29, 0.717) is 6.29 Å². The quantitative estimate of drug-likeness (QED) is 0.239. The molecule has 0 aromatic carbocycles. The SMILES string of the molecule is CNC(=O)N(/C=C(/C)C=O)[C@@H]1O[C@H](CO)C([N+](=O)[O-])[C@H]1NC. The number of likely N-dealkylation sites (N-methyl/N-ethyl adjacent to an activating group) is 1. The van der Waals surface area contributed by atoms with Crippen molar-refractivity contribution in [1.29, 1.82) is 0 Å². The lowest BCUT2D eigenvalue weighted by Crippen LogP contribution is -2.54. The lowest BCUT2D eigenvalue weighted by molar-refractivity contribution is -0.530. The Morgan fingerprint density at radius 2 is 2.14 bits per heavy atom. The number of urea groups is 1. The fourth-order valence-corrected chi connectivity index (χ4v) is 2.34. The van der Waals surface area contributed by atoms with Crippen LogP contribution < -0.4 is 10.6 Å². The number of aliphatic hydroxyl groups excluding tert-OH is 1. The van der Waals surface area contributed by atoms with Gasteiger partial charge in [0.2, 0.25) is 0 Å². The van der Waals surface area contributed by atoms with Crippen molar-refractivity contribution >= 4 is 12.3 Å². The van der Waals surface area contributed by atoms with E-state index in [0.717, 1.165) is 4.90 Å². The third-order valence-corrected chi connectivity index (χ3v) is 3.38. The Morgan fingerprint density at radius 3 is 2.55 bits per heavy atom. The highest BCUT2D eigenvalue weighted by Crippen LogP contribution is 2.26. The smallest absolute Gasteiger partial charge is 0.323 e. The first-order valence-corrected chi connectivity index (χ1v) is 6.62. The fourth-order valence-electron chi connectivity index (χ4n) is 2.34. The summed E-state index contributed by atoms with van der Waals surface area (Å²) in [4.78, 5) is 34.5. The Kier molecular flexibility index (Phi) is 6.40. The zero-order valence-electron chi connectivity index (χ0n) is 12.6. The predicted octanol–water partition coefficient (Wildman–Crippen LogP) is -1.32. The molecule has 4 atom stereocenters. The van der Waals surface area contributed by atoms with Crippen LogP contribution in [0, 0.1) is 10.1 Å². The highest BCUT2D eigenvalue weighted by molar-refractivity contribution is 5.78. The number of nitrogens with one attached hydrogen (secondary N) is 2. The van der Waals surface area contributed by atoms with Crippen molar-refractivity contribution in [3.8, 4) is 0 Å². The summed E-state index contributed by atoms with van der Waals surface area (Å²) in [6.07, 6.45) is -0.298. The Bertz CT molecular complexity index is 469. The molecule has 0 aliphatic carbocycles. The van der Waals surface area contributed by atoms with Gasteiger partial charge in [-0.3, -0.25) is 19.8 Å². The van der Waals surface area contributed by atoms with E-state index in [-0.39, 0.29) is 5.57 Å². The van der Waals surface area contributed by atoms with Crippen LogP contribution in [-0.4, -0.2) is 72.4 Å². The van der Waals surface area contributed by atoms with E-state index in [1.807, 2.05) is 0 Å². The van der Waals surface area contributed by atoms with Gasteiger partial charge in [0.1, 0.15) is 12.3 Å². The maximum absolute atomic E-state index is 12.0. The molecule has 10 heteroatoms. The van der Waals surface area contributed by atoms with Gasteiger partial charge in [-0.25, -0.2) is 4.79 Å². The second kappa shape index (κ2) is 7.82. The van der Waals surface area contributed by atoms with Gasteiger partial charge in [-0.2, -0.15) is 0 Å². The van der Waals surface area contributed by atoms with Gasteiger partial charge in [0, 0.05) is 23.7 Å². The molecule has 0 bridgehead atoms. The van der Waals surface area contributed by atoms with Crippen molar-refractivity contribution in [2.24, 2.45) is 0 Å². The van der Waals surface area contributed by atoms with Crippen molar-refractivity contribution < 1.29 is 24.4 Å². The summed E-state index contributed by atoms with van der Waals surface area (Å²) in [6.45, 7) is 0.930. The number of ether oxygens (including phenoxy) is 1. The summed E-state index contributed by atoms with van der Waals surface area (Å²) in [6, 6.07) is -2.66. The van der Waals surface area contributed by atoms with Gasteiger partial charge in [0.15, 0.2) is 12.3 Å². The Labute approximate surface area is 127 Å². The minimum absolute atomic E-state index is 0.243. The Hall–Kier alpha value is -2.04. The lowest BCUT2D eigenvalue weighted by Gasteiger charge is -2.28. The van der Waals surface area contributed by atoms with E-state index in [1.165, 1.54) is 27.2 Å². The van der Waals surface area contributed by atoms with Gasteiger partial charge < -0.3 is 20.5 Å². The molecule has 0 saturated carbocycles. The molecule has 1 unspecified atom stereocenters. The summed E-state index contributed by atoms with van der Waals surface area (Å²) in [5.41, 5.74) is 0.243. The van der Waals surface area contributed by atoms with E-state index >= 15 is 0 Å². The molecule has 0 aromatic rings. The molecule has 1 rings (SSSR count). The molecular formula is C12H20N4O6. The van der Waals surface area contributed by atoms with Crippen LogP contribution in [0.4, 0.5) is 4.79 Å². The highest BCUT2D eigenvalue weighted by Gasteiger charge is 2.54. The third kappa shape index (κ3) is 3.59. The van der Waals surface area contributed by atoms with Crippen LogP contribution in [0.3, 0.4) is 0 Å². The number of rotatable bonds is 6. The number of aliphatic hydroxyl groups is 1. The first kappa shape index (κ1) is 18.0. The normalized spacial score (nSPS) is 28.3. The van der Waals surface area contributed by atoms with E-state index in [2.05, 4.69) is 10.6 Å². The van der Waals surface area contributed by atoms with E-state index in [4.69, 9.17) is 4.74 Å². The molecule has 1 heterocycles. The van der Waals surface area contributed by atoms with Gasteiger partial charge in [-0.1, -0.05) is 0 Å². The largest absolute Gasteiger partial charge is 0.393 e. The summed E-state index contributed by atoms with van der Waals surface area (Å²) >= 11 is 0. The highest BCUT2D eigenvalue weighted by atomic mass is 16.6. The van der Waals surface area contributed by atoms with E-state index in [1.54, 1.807) is 0 Å². The first-order chi connectivity index (χ1) is 10.4. The number of allylic oxidation sites excluding steroid dienone is 1. The summed E-state index contributed by atoms with van der Waals surface area (Å²) in [5, 5.41) is 25.6. The number of nitro groups is 1. The van der Waals surface area contributed by atoms with Gasteiger partial charge in [0.05, 0.1) is 6.61 Å². The lowest BCUT2D eigenvalue weighted by atomic mass is 10.1. The molecule has 1 saturated heterocycles. The molecule has 1 aliphatic heterocycles. The van der Waals surface area contributed by atoms with E-state index in [9.17, 15) is 24.8 Å². The molecule has 2 amide bonds. The number of amides is 2. The van der Waals surface area contributed by atoms with E-state index < -0.39 is 42.0 Å². The average molecular weight is 316 g/mol. The molecule has 0 radical (unpaired) electrons. The molecule has 22 heavy (non-hydrogen) atoms. The van der Waals surface area contributed by atoms with Crippen molar-refractivity contribution in [3.63, 3.8) is 0 Å². The van der Waals surface area contributed by atoms with Crippen molar-refractivity contribution in [2.45, 2.75) is 31.3 Å². The van der Waals surface area contributed by atoms with Crippen molar-refractivity contribution in [3.05, 3.63) is 21.9 Å². The number of aldehydes is 1. The number of hydrogen-bond acceptors (Lipinski definition) is 7. The van der Waals surface area contributed by atoms with Crippen LogP contribution in [0.25, 0.3) is 0 Å². The zero-order chi connectivity index (χ0) is 16.9. The van der Waals surface area contributed by atoms with Gasteiger partial charge >= 0.3 is 6.03 Å². The van der Waals surface area contributed by atoms with Gasteiger partial charge in [0.25, 0.3) is 6.04 Å². The summed E-state index contributed by atoms with van der Waals surface area (Å²) in [7, 11) is 2.88. The Balaban J connectivity index is 3.20. The molecule has 10 nitrogen and oxygen atoms in total. The van der Waals surface area contributed by atoms with Crippen LogP contribution in [0.2, 0.25) is 0 Å². The van der Waals surface area contributed by atoms with Crippen LogP contribution in [0.15, 0.2) is 11.8 Å². The fraction of sp³-hybridized carbons (Fsp3) is 0.667. The van der Waals surface area contributed by atoms with Crippen LogP contribution in [-0.2, 0) is 9.53 Å². The number of hydrogen-bond donors (Lipinski definition) is 3.